The van der Waals surface area contributed by atoms with Gasteiger partial charge < -0.3 is 20.7 Å². The van der Waals surface area contributed by atoms with E-state index in [1.807, 2.05) is 6.55 Å². The SMILES string of the molecule is C[SiH2]O.N[C@@H](CC(=O)O)C(=O)O. The van der Waals surface area contributed by atoms with Crippen molar-refractivity contribution in [3.63, 3.8) is 0 Å². The van der Waals surface area contributed by atoms with Crippen molar-refractivity contribution < 1.29 is 24.6 Å². The number of carbonyl (C=O) groups is 2. The Morgan fingerprint density at radius 1 is 1.50 bits per heavy atom. The lowest BCUT2D eigenvalue weighted by molar-refractivity contribution is -0.144. The third kappa shape index (κ3) is 11.8. The van der Waals surface area contributed by atoms with Crippen LogP contribution >= 0.6 is 0 Å². The molecule has 0 saturated heterocycles. The smallest absolute Gasteiger partial charge is 0.321 e. The lowest BCUT2D eigenvalue weighted by atomic mass is 10.2. The van der Waals surface area contributed by atoms with Gasteiger partial charge in [-0.05, 0) is 0 Å². The molecular formula is C5H13NO5Si. The number of hydrogen-bond acceptors (Lipinski definition) is 4. The Morgan fingerprint density at radius 2 is 1.83 bits per heavy atom. The second-order valence-corrected chi connectivity index (χ2v) is 2.49. The summed E-state index contributed by atoms with van der Waals surface area (Å²) in [5.41, 5.74) is 4.84. The van der Waals surface area contributed by atoms with E-state index in [0.29, 0.717) is 0 Å². The second kappa shape index (κ2) is 8.18. The van der Waals surface area contributed by atoms with Gasteiger partial charge in [0.05, 0.1) is 6.42 Å². The van der Waals surface area contributed by atoms with E-state index in [0.717, 1.165) is 0 Å². The van der Waals surface area contributed by atoms with Gasteiger partial charge in [0.15, 0.2) is 9.76 Å². The molecule has 1 atom stereocenters. The number of rotatable bonds is 3. The van der Waals surface area contributed by atoms with E-state index in [-0.39, 0.29) is 0 Å². The molecule has 0 radical (unpaired) electrons. The maximum Gasteiger partial charge on any atom is 0.321 e. The van der Waals surface area contributed by atoms with E-state index in [1.54, 1.807) is 0 Å². The molecule has 0 bridgehead atoms. The Hall–Kier alpha value is -0.923. The number of carboxylic acid groups (broad SMARTS) is 2. The highest BCUT2D eigenvalue weighted by Crippen LogP contribution is 1.86. The van der Waals surface area contributed by atoms with Gasteiger partial charge in [-0.2, -0.15) is 0 Å². The topological polar surface area (TPSA) is 121 Å². The van der Waals surface area contributed by atoms with Gasteiger partial charge >= 0.3 is 11.9 Å². The maximum atomic E-state index is 9.85. The predicted molar refractivity (Wildman–Crippen MR) is 44.5 cm³/mol. The van der Waals surface area contributed by atoms with Gasteiger partial charge in [0.2, 0.25) is 0 Å². The monoisotopic (exact) mass is 195 g/mol. The summed E-state index contributed by atoms with van der Waals surface area (Å²) in [5, 5.41) is 16.0. The van der Waals surface area contributed by atoms with Crippen molar-refractivity contribution in [2.75, 3.05) is 0 Å². The summed E-state index contributed by atoms with van der Waals surface area (Å²) >= 11 is 0. The summed E-state index contributed by atoms with van der Waals surface area (Å²) in [6.45, 7) is 1.82. The number of aliphatic carboxylic acids is 2. The van der Waals surface area contributed by atoms with E-state index >= 15 is 0 Å². The molecule has 72 valence electrons. The van der Waals surface area contributed by atoms with Gasteiger partial charge in [0.1, 0.15) is 6.04 Å². The largest absolute Gasteiger partial charge is 0.481 e. The standard InChI is InChI=1S/C4H7NO4.CH6OSi/c5-2(4(8)9)1-3(6)7;1-3-2/h2H,1,5H2,(H,6,7)(H,8,9);2H,3H2,1H3/t2-;/m0./s1. The molecule has 0 aromatic carbocycles. The van der Waals surface area contributed by atoms with Crippen LogP contribution in [0.1, 0.15) is 6.42 Å². The molecule has 0 fully saturated rings. The first-order chi connectivity index (χ1) is 5.45. The summed E-state index contributed by atoms with van der Waals surface area (Å²) in [7, 11) is -0.583. The van der Waals surface area contributed by atoms with E-state index in [4.69, 9.17) is 20.7 Å². The number of hydrogen-bond donors (Lipinski definition) is 4. The minimum Gasteiger partial charge on any atom is -0.481 e. The highest BCUT2D eigenvalue weighted by atomic mass is 28.2. The van der Waals surface area contributed by atoms with Crippen LogP contribution in [0.4, 0.5) is 0 Å². The highest BCUT2D eigenvalue weighted by Gasteiger charge is 2.14. The summed E-state index contributed by atoms with van der Waals surface area (Å²) < 4.78 is 0. The maximum absolute atomic E-state index is 9.85. The van der Waals surface area contributed by atoms with Gasteiger partial charge in [0.25, 0.3) is 0 Å². The molecule has 0 spiro atoms. The molecule has 0 aromatic heterocycles. The number of carboxylic acids is 2. The molecule has 0 aliphatic rings. The zero-order chi connectivity index (χ0) is 10.1. The molecule has 0 aromatic rings. The number of nitrogens with two attached hydrogens (primary N) is 1. The fraction of sp³-hybridized carbons (Fsp3) is 0.600. The zero-order valence-electron chi connectivity index (χ0n) is 6.73. The average Bonchev–Trinajstić information content (AvgIpc) is 1.87. The first kappa shape index (κ1) is 13.7. The van der Waals surface area contributed by atoms with Crippen molar-refractivity contribution in [2.24, 2.45) is 5.73 Å². The summed E-state index contributed by atoms with van der Waals surface area (Å²) in [6, 6.07) is -1.29. The van der Waals surface area contributed by atoms with Crippen LogP contribution in [0.5, 0.6) is 0 Å². The summed E-state index contributed by atoms with van der Waals surface area (Å²) in [6.07, 6.45) is -0.532. The van der Waals surface area contributed by atoms with Crippen molar-refractivity contribution in [1.82, 2.24) is 0 Å². The minimum absolute atomic E-state index is 0.532. The van der Waals surface area contributed by atoms with Crippen LogP contribution in [0.3, 0.4) is 0 Å². The van der Waals surface area contributed by atoms with Crippen LogP contribution < -0.4 is 5.73 Å². The predicted octanol–water partition coefficient (Wildman–Crippen LogP) is -2.02. The molecule has 0 heterocycles. The molecule has 12 heavy (non-hydrogen) atoms. The quantitative estimate of drug-likeness (QED) is 0.386. The lowest BCUT2D eigenvalue weighted by Gasteiger charge is -1.99. The fourth-order valence-corrected chi connectivity index (χ4v) is 0.275. The van der Waals surface area contributed by atoms with E-state index < -0.39 is 34.2 Å². The zero-order valence-corrected chi connectivity index (χ0v) is 8.14. The lowest BCUT2D eigenvalue weighted by Crippen LogP contribution is -2.32. The third-order valence-corrected chi connectivity index (χ3v) is 0.712. The Bertz CT molecular complexity index is 151. The Balaban J connectivity index is 0. The molecule has 7 heteroatoms. The molecule has 6 nitrogen and oxygen atoms in total. The normalized spacial score (nSPS) is 11.9. The Kier molecular flexibility index (Phi) is 9.30. The van der Waals surface area contributed by atoms with Gasteiger partial charge in [-0.3, -0.25) is 9.59 Å². The summed E-state index contributed by atoms with van der Waals surface area (Å²) in [4.78, 5) is 27.3. The van der Waals surface area contributed by atoms with Crippen molar-refractivity contribution >= 4 is 21.7 Å². The molecule has 5 N–H and O–H groups in total. The van der Waals surface area contributed by atoms with Gasteiger partial charge in [-0.25, -0.2) is 0 Å². The van der Waals surface area contributed by atoms with Crippen LogP contribution in [0.25, 0.3) is 0 Å². The van der Waals surface area contributed by atoms with Crippen molar-refractivity contribution in [1.29, 1.82) is 0 Å². The van der Waals surface area contributed by atoms with Gasteiger partial charge in [0, 0.05) is 0 Å². The molecule has 0 saturated carbocycles. The molecule has 0 aliphatic carbocycles. The van der Waals surface area contributed by atoms with Gasteiger partial charge in [-0.15, -0.1) is 0 Å². The Morgan fingerprint density at radius 3 is 1.92 bits per heavy atom. The van der Waals surface area contributed by atoms with Crippen LogP contribution in [0.2, 0.25) is 6.55 Å². The van der Waals surface area contributed by atoms with Crippen molar-refractivity contribution in [3.8, 4) is 0 Å². The first-order valence-corrected chi connectivity index (χ1v) is 5.31. The average molecular weight is 195 g/mol. The van der Waals surface area contributed by atoms with E-state index in [1.165, 1.54) is 0 Å². The second-order valence-electron chi connectivity index (χ2n) is 1.86. The minimum atomic E-state index is -1.29. The van der Waals surface area contributed by atoms with E-state index in [9.17, 15) is 9.59 Å². The fourth-order valence-electron chi connectivity index (χ4n) is 0.275. The molecule has 0 unspecified atom stereocenters. The van der Waals surface area contributed by atoms with Crippen LogP contribution in [-0.2, 0) is 9.59 Å². The van der Waals surface area contributed by atoms with Gasteiger partial charge in [-0.1, -0.05) is 6.55 Å². The first-order valence-electron chi connectivity index (χ1n) is 3.26. The van der Waals surface area contributed by atoms with Crippen molar-refractivity contribution in [2.45, 2.75) is 19.0 Å². The van der Waals surface area contributed by atoms with Crippen molar-refractivity contribution in [3.05, 3.63) is 0 Å². The Labute approximate surface area is 71.9 Å². The molecular weight excluding hydrogens is 182 g/mol. The van der Waals surface area contributed by atoms with Crippen LogP contribution in [0, 0.1) is 0 Å². The molecule has 0 amide bonds. The van der Waals surface area contributed by atoms with Crippen LogP contribution in [-0.4, -0.2) is 42.8 Å². The van der Waals surface area contributed by atoms with E-state index in [2.05, 4.69) is 0 Å². The molecule has 0 rings (SSSR count). The summed E-state index contributed by atoms with van der Waals surface area (Å²) in [5.74, 6) is -2.50. The third-order valence-electron chi connectivity index (χ3n) is 0.712. The highest BCUT2D eigenvalue weighted by molar-refractivity contribution is 6.22. The van der Waals surface area contributed by atoms with Crippen LogP contribution in [0.15, 0.2) is 0 Å². The molecule has 0 aliphatic heterocycles.